The molecule has 0 radical (unpaired) electrons. The standard InChI is InChI=1S/C16H21N5O2/c1-23-13-6-3-10(4-7-13)19-15-14(17)9-18-16(21-15)20-11-2-5-12(22)8-11/h3-4,6-7,9,11-12,22H,2,5,8,17H2,1H3,(H2,18,19,20,21). The number of aromatic nitrogens is 2. The van der Waals surface area contributed by atoms with Crippen molar-refractivity contribution >= 4 is 23.1 Å². The Morgan fingerprint density at radius 2 is 2.04 bits per heavy atom. The maximum atomic E-state index is 9.59. The van der Waals surface area contributed by atoms with Crippen LogP contribution in [0, 0.1) is 0 Å². The Labute approximate surface area is 134 Å². The van der Waals surface area contributed by atoms with E-state index >= 15 is 0 Å². The van der Waals surface area contributed by atoms with E-state index in [2.05, 4.69) is 20.6 Å². The monoisotopic (exact) mass is 315 g/mol. The van der Waals surface area contributed by atoms with E-state index < -0.39 is 0 Å². The number of nitrogens with two attached hydrogens (primary N) is 1. The summed E-state index contributed by atoms with van der Waals surface area (Å²) in [7, 11) is 1.63. The number of aliphatic hydroxyl groups excluding tert-OH is 1. The van der Waals surface area contributed by atoms with E-state index in [1.807, 2.05) is 24.3 Å². The summed E-state index contributed by atoms with van der Waals surface area (Å²) in [5, 5.41) is 16.0. The molecule has 1 aromatic carbocycles. The Morgan fingerprint density at radius 3 is 2.70 bits per heavy atom. The molecule has 122 valence electrons. The second-order valence-electron chi connectivity index (χ2n) is 5.66. The molecule has 1 saturated carbocycles. The van der Waals surface area contributed by atoms with Gasteiger partial charge in [0, 0.05) is 11.7 Å². The Hall–Kier alpha value is -2.54. The van der Waals surface area contributed by atoms with Gasteiger partial charge in [0.2, 0.25) is 5.95 Å². The number of hydrogen-bond acceptors (Lipinski definition) is 7. The van der Waals surface area contributed by atoms with E-state index in [1.165, 1.54) is 0 Å². The lowest BCUT2D eigenvalue weighted by atomic mass is 10.2. The molecule has 2 atom stereocenters. The highest BCUT2D eigenvalue weighted by atomic mass is 16.5. The normalized spacial score (nSPS) is 20.3. The molecule has 3 rings (SSSR count). The molecule has 2 unspecified atom stereocenters. The average Bonchev–Trinajstić information content (AvgIpc) is 2.96. The summed E-state index contributed by atoms with van der Waals surface area (Å²) in [6.45, 7) is 0. The number of nitrogens with one attached hydrogen (secondary N) is 2. The molecule has 5 N–H and O–H groups in total. The molecule has 0 saturated heterocycles. The number of nitrogen functional groups attached to an aromatic ring is 1. The molecule has 23 heavy (non-hydrogen) atoms. The fourth-order valence-corrected chi connectivity index (χ4v) is 2.64. The van der Waals surface area contributed by atoms with Crippen LogP contribution in [0.3, 0.4) is 0 Å². The van der Waals surface area contributed by atoms with Crippen molar-refractivity contribution in [2.75, 3.05) is 23.5 Å². The molecule has 2 aromatic rings. The van der Waals surface area contributed by atoms with Gasteiger partial charge in [0.1, 0.15) is 5.75 Å². The van der Waals surface area contributed by atoms with Crippen LogP contribution in [0.4, 0.5) is 23.1 Å². The zero-order valence-corrected chi connectivity index (χ0v) is 13.0. The zero-order valence-electron chi connectivity index (χ0n) is 13.0. The lowest BCUT2D eigenvalue weighted by Gasteiger charge is -2.14. The molecule has 0 amide bonds. The number of rotatable bonds is 5. The quantitative estimate of drug-likeness (QED) is 0.670. The van der Waals surface area contributed by atoms with E-state index in [-0.39, 0.29) is 12.1 Å². The number of hydrogen-bond donors (Lipinski definition) is 4. The molecule has 1 aliphatic carbocycles. The van der Waals surface area contributed by atoms with Gasteiger partial charge in [0.05, 0.1) is 25.1 Å². The minimum absolute atomic E-state index is 0.197. The Bertz CT molecular complexity index is 662. The molecular formula is C16H21N5O2. The summed E-state index contributed by atoms with van der Waals surface area (Å²) in [4.78, 5) is 8.64. The first-order valence-corrected chi connectivity index (χ1v) is 7.62. The number of anilines is 4. The van der Waals surface area contributed by atoms with Crippen molar-refractivity contribution in [1.82, 2.24) is 9.97 Å². The smallest absolute Gasteiger partial charge is 0.224 e. The van der Waals surface area contributed by atoms with E-state index in [9.17, 15) is 5.11 Å². The van der Waals surface area contributed by atoms with Gasteiger partial charge < -0.3 is 26.2 Å². The molecular weight excluding hydrogens is 294 g/mol. The predicted octanol–water partition coefficient (Wildman–Crippen LogP) is 2.14. The van der Waals surface area contributed by atoms with Crippen molar-refractivity contribution in [2.45, 2.75) is 31.4 Å². The summed E-state index contributed by atoms with van der Waals surface area (Å²) in [6.07, 6.45) is 3.78. The summed E-state index contributed by atoms with van der Waals surface area (Å²) >= 11 is 0. The van der Waals surface area contributed by atoms with Crippen LogP contribution in [-0.4, -0.2) is 34.3 Å². The first kappa shape index (κ1) is 15.4. The van der Waals surface area contributed by atoms with Crippen LogP contribution in [0.25, 0.3) is 0 Å². The lowest BCUT2D eigenvalue weighted by molar-refractivity contribution is 0.182. The van der Waals surface area contributed by atoms with Crippen LogP contribution in [0.1, 0.15) is 19.3 Å². The number of ether oxygens (including phenoxy) is 1. The van der Waals surface area contributed by atoms with Crippen LogP contribution in [-0.2, 0) is 0 Å². The summed E-state index contributed by atoms with van der Waals surface area (Å²) in [5.74, 6) is 1.84. The maximum absolute atomic E-state index is 9.59. The third kappa shape index (κ3) is 3.81. The van der Waals surface area contributed by atoms with Crippen LogP contribution in [0.2, 0.25) is 0 Å². The number of methoxy groups -OCH3 is 1. The van der Waals surface area contributed by atoms with E-state index in [1.54, 1.807) is 13.3 Å². The molecule has 0 bridgehead atoms. The topological polar surface area (TPSA) is 105 Å². The van der Waals surface area contributed by atoms with Gasteiger partial charge in [-0.25, -0.2) is 4.98 Å². The predicted molar refractivity (Wildman–Crippen MR) is 90.0 cm³/mol. The van der Waals surface area contributed by atoms with E-state index in [0.717, 1.165) is 30.7 Å². The van der Waals surface area contributed by atoms with Crippen molar-refractivity contribution in [3.63, 3.8) is 0 Å². The average molecular weight is 315 g/mol. The van der Waals surface area contributed by atoms with Gasteiger partial charge in [0.25, 0.3) is 0 Å². The molecule has 7 nitrogen and oxygen atoms in total. The molecule has 0 spiro atoms. The molecule has 7 heteroatoms. The summed E-state index contributed by atoms with van der Waals surface area (Å²) in [6, 6.07) is 7.70. The van der Waals surface area contributed by atoms with Gasteiger partial charge in [-0.1, -0.05) is 0 Å². The highest BCUT2D eigenvalue weighted by molar-refractivity contribution is 5.69. The SMILES string of the molecule is COc1ccc(Nc2nc(NC3CCC(O)C3)ncc2N)cc1. The molecule has 0 aliphatic heterocycles. The van der Waals surface area contributed by atoms with Crippen molar-refractivity contribution in [3.05, 3.63) is 30.5 Å². The first-order valence-electron chi connectivity index (χ1n) is 7.62. The minimum atomic E-state index is -0.238. The van der Waals surface area contributed by atoms with Crippen LogP contribution >= 0.6 is 0 Å². The molecule has 1 fully saturated rings. The number of aliphatic hydroxyl groups is 1. The van der Waals surface area contributed by atoms with Crippen LogP contribution in [0.15, 0.2) is 30.5 Å². The number of nitrogens with zero attached hydrogens (tertiary/aromatic N) is 2. The second-order valence-corrected chi connectivity index (χ2v) is 5.66. The van der Waals surface area contributed by atoms with E-state index in [0.29, 0.717) is 17.5 Å². The summed E-state index contributed by atoms with van der Waals surface area (Å²) < 4.78 is 5.14. The largest absolute Gasteiger partial charge is 0.497 e. The lowest BCUT2D eigenvalue weighted by Crippen LogP contribution is -2.18. The van der Waals surface area contributed by atoms with Gasteiger partial charge in [-0.05, 0) is 43.5 Å². The molecule has 1 aromatic heterocycles. The molecule has 1 heterocycles. The van der Waals surface area contributed by atoms with Crippen LogP contribution < -0.4 is 21.1 Å². The highest BCUT2D eigenvalue weighted by Gasteiger charge is 2.23. The Balaban J connectivity index is 1.71. The van der Waals surface area contributed by atoms with Gasteiger partial charge in [0.15, 0.2) is 5.82 Å². The van der Waals surface area contributed by atoms with E-state index in [4.69, 9.17) is 10.5 Å². The fraction of sp³-hybridized carbons (Fsp3) is 0.375. The first-order chi connectivity index (χ1) is 11.1. The summed E-state index contributed by atoms with van der Waals surface area (Å²) in [5.41, 5.74) is 7.27. The van der Waals surface area contributed by atoms with Crippen molar-refractivity contribution in [3.8, 4) is 5.75 Å². The minimum Gasteiger partial charge on any atom is -0.497 e. The van der Waals surface area contributed by atoms with Gasteiger partial charge in [-0.15, -0.1) is 0 Å². The number of benzene rings is 1. The molecule has 1 aliphatic rings. The maximum Gasteiger partial charge on any atom is 0.224 e. The van der Waals surface area contributed by atoms with Crippen LogP contribution in [0.5, 0.6) is 5.75 Å². The van der Waals surface area contributed by atoms with Gasteiger partial charge >= 0.3 is 0 Å². The van der Waals surface area contributed by atoms with Crippen molar-refractivity contribution in [2.24, 2.45) is 0 Å². The van der Waals surface area contributed by atoms with Gasteiger partial charge in [-0.3, -0.25) is 0 Å². The Kier molecular flexibility index (Phi) is 4.47. The van der Waals surface area contributed by atoms with Crippen molar-refractivity contribution in [1.29, 1.82) is 0 Å². The fourth-order valence-electron chi connectivity index (χ4n) is 2.64. The highest BCUT2D eigenvalue weighted by Crippen LogP contribution is 2.25. The zero-order chi connectivity index (χ0) is 16.2. The third-order valence-corrected chi connectivity index (χ3v) is 3.91. The van der Waals surface area contributed by atoms with Gasteiger partial charge in [-0.2, -0.15) is 4.98 Å². The second kappa shape index (κ2) is 6.70. The van der Waals surface area contributed by atoms with Crippen molar-refractivity contribution < 1.29 is 9.84 Å². The Morgan fingerprint density at radius 1 is 1.26 bits per heavy atom. The third-order valence-electron chi connectivity index (χ3n) is 3.91.